The minimum Gasteiger partial charge on any atom is -0.493 e. The van der Waals surface area contributed by atoms with Crippen LogP contribution in [0.3, 0.4) is 0 Å². The molecule has 0 unspecified atom stereocenters. The second-order valence-corrected chi connectivity index (χ2v) is 9.21. The fourth-order valence-electron chi connectivity index (χ4n) is 4.64. The van der Waals surface area contributed by atoms with Crippen molar-refractivity contribution in [3.63, 3.8) is 0 Å². The van der Waals surface area contributed by atoms with E-state index in [0.717, 1.165) is 22.3 Å². The number of halogens is 2. The van der Waals surface area contributed by atoms with Crippen molar-refractivity contribution >= 4 is 46.3 Å². The average Bonchev–Trinajstić information content (AvgIpc) is 3.48. The number of hydrogen-bond acceptors (Lipinski definition) is 8. The SMILES string of the molecule is COc1cc(C(=O)N2c3ccccc3N3C(c4c(C)c(Cl)c(C)c(Cl)c4C)=NON23)cc(OC)c1OC. The van der Waals surface area contributed by atoms with Crippen LogP contribution in [0.25, 0.3) is 0 Å². The van der Waals surface area contributed by atoms with Gasteiger partial charge in [-0.1, -0.05) is 35.3 Å². The fraction of sp³-hybridized carbons (Fsp3) is 0.231. The number of hydrogen-bond donors (Lipinski definition) is 0. The van der Waals surface area contributed by atoms with Crippen molar-refractivity contribution in [1.82, 2.24) is 5.28 Å². The van der Waals surface area contributed by atoms with Gasteiger partial charge in [0.1, 0.15) is 0 Å². The summed E-state index contributed by atoms with van der Waals surface area (Å²) in [4.78, 5) is 19.7. The molecule has 0 fully saturated rings. The van der Waals surface area contributed by atoms with Gasteiger partial charge >= 0.3 is 0 Å². The predicted octanol–water partition coefficient (Wildman–Crippen LogP) is 5.85. The zero-order valence-corrected chi connectivity index (χ0v) is 22.6. The molecule has 1 amide bonds. The van der Waals surface area contributed by atoms with Gasteiger partial charge in [0.2, 0.25) is 11.6 Å². The molecule has 0 saturated carbocycles. The van der Waals surface area contributed by atoms with Gasteiger partial charge < -0.3 is 14.2 Å². The number of amidine groups is 1. The van der Waals surface area contributed by atoms with Gasteiger partial charge in [-0.25, -0.2) is 0 Å². The number of hydrazine groups is 2. The van der Waals surface area contributed by atoms with Crippen LogP contribution in [0.1, 0.15) is 32.6 Å². The number of nitrogens with zero attached hydrogens (tertiary/aromatic N) is 4. The quantitative estimate of drug-likeness (QED) is 0.400. The number of benzene rings is 3. The van der Waals surface area contributed by atoms with E-state index in [4.69, 9.17) is 42.4 Å². The van der Waals surface area contributed by atoms with Crippen molar-refractivity contribution in [3.8, 4) is 17.2 Å². The standard InChI is InChI=1S/C26H24Cl2N4O5/c1-13-21(14(2)23(28)15(3)22(13)27)25-29-37-32-30(25)17-9-7-8-10-18(17)31(32)26(33)16-11-19(34-4)24(36-6)20(12-16)35-5/h7-12H,1-6H3. The number of fused-ring (bicyclic) bond motifs is 3. The Balaban J connectivity index is 1.62. The third-order valence-corrected chi connectivity index (χ3v) is 7.61. The Morgan fingerprint density at radius 3 is 1.97 bits per heavy atom. The fourth-order valence-corrected chi connectivity index (χ4v) is 5.06. The van der Waals surface area contributed by atoms with Crippen LogP contribution in [0, 0.1) is 20.8 Å². The summed E-state index contributed by atoms with van der Waals surface area (Å²) < 4.78 is 16.3. The number of amides is 1. The molecule has 2 aliphatic heterocycles. The highest BCUT2D eigenvalue weighted by Gasteiger charge is 2.48. The molecule has 192 valence electrons. The summed E-state index contributed by atoms with van der Waals surface area (Å²) in [6.45, 7) is 5.68. The first-order chi connectivity index (χ1) is 17.7. The van der Waals surface area contributed by atoms with Gasteiger partial charge in [0.25, 0.3) is 5.91 Å². The predicted molar refractivity (Wildman–Crippen MR) is 142 cm³/mol. The van der Waals surface area contributed by atoms with Crippen LogP contribution in [0.5, 0.6) is 17.2 Å². The van der Waals surface area contributed by atoms with Crippen LogP contribution in [0.15, 0.2) is 41.6 Å². The maximum atomic E-state index is 14.0. The zero-order chi connectivity index (χ0) is 26.6. The molecule has 0 bridgehead atoms. The lowest BCUT2D eigenvalue weighted by Crippen LogP contribution is -2.49. The van der Waals surface area contributed by atoms with E-state index < -0.39 is 5.91 Å². The Kier molecular flexibility index (Phi) is 6.31. The highest BCUT2D eigenvalue weighted by molar-refractivity contribution is 6.38. The molecule has 0 saturated heterocycles. The number of para-hydroxylation sites is 2. The molecule has 5 rings (SSSR count). The van der Waals surface area contributed by atoms with E-state index in [1.807, 2.05) is 45.0 Å². The molecular weight excluding hydrogens is 519 g/mol. The molecule has 2 aliphatic rings. The molecular formula is C26H24Cl2N4O5. The minimum atomic E-state index is -0.404. The molecule has 37 heavy (non-hydrogen) atoms. The summed E-state index contributed by atoms with van der Waals surface area (Å²) in [5, 5.41) is 9.82. The molecule has 0 N–H and O–H groups in total. The highest BCUT2D eigenvalue weighted by Crippen LogP contribution is 2.46. The lowest BCUT2D eigenvalue weighted by Gasteiger charge is -2.26. The molecule has 0 aliphatic carbocycles. The van der Waals surface area contributed by atoms with Crippen molar-refractivity contribution < 1.29 is 23.9 Å². The number of anilines is 2. The van der Waals surface area contributed by atoms with Gasteiger partial charge in [-0.05, 0) is 66.9 Å². The highest BCUT2D eigenvalue weighted by atomic mass is 35.5. The Labute approximate surface area is 224 Å². The summed E-state index contributed by atoms with van der Waals surface area (Å²) in [6, 6.07) is 10.6. The van der Waals surface area contributed by atoms with Crippen molar-refractivity contribution in [2.24, 2.45) is 5.16 Å². The van der Waals surface area contributed by atoms with Gasteiger partial charge in [-0.15, -0.1) is 0 Å². The number of rotatable bonds is 5. The lowest BCUT2D eigenvalue weighted by molar-refractivity contribution is -0.135. The van der Waals surface area contributed by atoms with Crippen LogP contribution in [0.2, 0.25) is 10.0 Å². The van der Waals surface area contributed by atoms with Crippen LogP contribution >= 0.6 is 23.2 Å². The Morgan fingerprint density at radius 2 is 1.43 bits per heavy atom. The molecule has 9 nitrogen and oxygen atoms in total. The van der Waals surface area contributed by atoms with E-state index in [1.54, 1.807) is 17.1 Å². The molecule has 0 atom stereocenters. The Hall–Kier alpha value is -3.66. The summed E-state index contributed by atoms with van der Waals surface area (Å²) in [6.07, 6.45) is 0. The smallest absolute Gasteiger partial charge is 0.277 e. The number of methoxy groups -OCH3 is 3. The van der Waals surface area contributed by atoms with E-state index in [-0.39, 0.29) is 5.56 Å². The van der Waals surface area contributed by atoms with Crippen LogP contribution in [-0.4, -0.2) is 38.4 Å². The number of carbonyl (C=O) groups excluding carboxylic acids is 1. The lowest BCUT2D eigenvalue weighted by atomic mass is 9.98. The molecule has 3 aromatic rings. The molecule has 11 heteroatoms. The monoisotopic (exact) mass is 542 g/mol. The number of ether oxygens (including phenoxy) is 3. The van der Waals surface area contributed by atoms with Gasteiger partial charge in [0, 0.05) is 21.2 Å². The van der Waals surface area contributed by atoms with E-state index in [1.165, 1.54) is 31.6 Å². The third kappa shape index (κ3) is 3.65. The second-order valence-electron chi connectivity index (χ2n) is 8.46. The van der Waals surface area contributed by atoms with Crippen molar-refractivity contribution in [1.29, 1.82) is 0 Å². The van der Waals surface area contributed by atoms with E-state index in [0.29, 0.717) is 44.5 Å². The van der Waals surface area contributed by atoms with Gasteiger partial charge in [-0.2, -0.15) is 10.0 Å². The molecule has 0 radical (unpaired) electrons. The Morgan fingerprint density at radius 1 is 0.865 bits per heavy atom. The Bertz CT molecular complexity index is 1420. The van der Waals surface area contributed by atoms with E-state index in [2.05, 4.69) is 5.16 Å². The first-order valence-corrected chi connectivity index (χ1v) is 12.0. The molecule has 2 heterocycles. The summed E-state index contributed by atoms with van der Waals surface area (Å²) >= 11 is 13.2. The summed E-state index contributed by atoms with van der Waals surface area (Å²) in [7, 11) is 4.48. The normalized spacial score (nSPS) is 14.2. The van der Waals surface area contributed by atoms with Gasteiger partial charge in [0.05, 0.1) is 38.0 Å². The second kappa shape index (κ2) is 9.33. The maximum absolute atomic E-state index is 14.0. The van der Waals surface area contributed by atoms with Gasteiger partial charge in [-0.3, -0.25) is 9.73 Å². The zero-order valence-electron chi connectivity index (χ0n) is 21.1. The molecule has 3 aromatic carbocycles. The van der Waals surface area contributed by atoms with Crippen molar-refractivity contribution in [2.75, 3.05) is 31.3 Å². The first kappa shape index (κ1) is 25.0. The van der Waals surface area contributed by atoms with Crippen LogP contribution in [-0.2, 0) is 4.94 Å². The summed E-state index contributed by atoms with van der Waals surface area (Å²) in [5.74, 6) is 1.13. The minimum absolute atomic E-state index is 0.289. The number of oxime groups is 1. The maximum Gasteiger partial charge on any atom is 0.277 e. The average molecular weight is 543 g/mol. The van der Waals surface area contributed by atoms with Crippen LogP contribution in [0.4, 0.5) is 11.4 Å². The number of carbonyl (C=O) groups is 1. The van der Waals surface area contributed by atoms with Crippen molar-refractivity contribution in [2.45, 2.75) is 20.8 Å². The third-order valence-electron chi connectivity index (χ3n) is 6.48. The summed E-state index contributed by atoms with van der Waals surface area (Å²) in [5.41, 5.74) is 4.69. The van der Waals surface area contributed by atoms with Crippen LogP contribution < -0.4 is 24.2 Å². The molecule has 0 spiro atoms. The topological polar surface area (TPSA) is 76.1 Å². The van der Waals surface area contributed by atoms with E-state index in [9.17, 15) is 4.79 Å². The molecule has 0 aromatic heterocycles. The van der Waals surface area contributed by atoms with Gasteiger partial charge in [0.15, 0.2) is 11.5 Å². The largest absolute Gasteiger partial charge is 0.493 e. The first-order valence-electron chi connectivity index (χ1n) is 11.3. The van der Waals surface area contributed by atoms with Crippen molar-refractivity contribution in [3.05, 3.63) is 74.3 Å². The van der Waals surface area contributed by atoms with E-state index >= 15 is 0 Å².